The van der Waals surface area contributed by atoms with Crippen LogP contribution in [0.5, 0.6) is 5.75 Å². The summed E-state index contributed by atoms with van der Waals surface area (Å²) in [5.74, 6) is -1.35. The number of aromatic nitrogens is 3. The molecular weight excluding hydrogens is 593 g/mol. The number of rotatable bonds is 7. The predicted octanol–water partition coefficient (Wildman–Crippen LogP) is 4.51. The van der Waals surface area contributed by atoms with E-state index in [-0.39, 0.29) is 41.5 Å². The van der Waals surface area contributed by atoms with E-state index in [0.29, 0.717) is 60.8 Å². The maximum Gasteiger partial charge on any atom is 0.307 e. The van der Waals surface area contributed by atoms with Gasteiger partial charge in [0.15, 0.2) is 22.9 Å². The molecule has 2 aromatic heterocycles. The molecule has 0 unspecified atom stereocenters. The minimum atomic E-state index is -1.05. The Kier molecular flexibility index (Phi) is 10.7. The van der Waals surface area contributed by atoms with Crippen LogP contribution in [-0.4, -0.2) is 79.3 Å². The fourth-order valence-corrected chi connectivity index (χ4v) is 5.86. The number of likely N-dealkylation sites (tertiary alicyclic amines) is 1. The number of nitrogens with zero attached hydrogens (tertiary/aromatic N) is 4. The maximum atomic E-state index is 15.2. The number of fused-ring (bicyclic) bond motifs is 2. The van der Waals surface area contributed by atoms with Crippen molar-refractivity contribution in [3.8, 4) is 17.0 Å². The number of aryl methyl sites for hydroxylation is 1. The van der Waals surface area contributed by atoms with Crippen LogP contribution < -0.4 is 10.1 Å². The third-order valence-corrected chi connectivity index (χ3v) is 8.13. The topological polar surface area (TPSA) is 146 Å². The molecule has 0 atom stereocenters. The minimum Gasteiger partial charge on any atom is -0.490 e. The third kappa shape index (κ3) is 8.20. The van der Waals surface area contributed by atoms with Crippen LogP contribution in [0, 0.1) is 31.5 Å². The molecule has 1 aromatic carbocycles. The summed E-state index contributed by atoms with van der Waals surface area (Å²) in [5.41, 5.74) is 3.31. The molecule has 3 N–H and O–H groups in total. The van der Waals surface area contributed by atoms with Gasteiger partial charge in [-0.3, -0.25) is 14.4 Å². The molecule has 1 fully saturated rings. The fourth-order valence-electron chi connectivity index (χ4n) is 5.86. The fraction of sp³-hybridized carbons (Fsp3) is 0.559. The zero-order valence-corrected chi connectivity index (χ0v) is 27.9. The van der Waals surface area contributed by atoms with Gasteiger partial charge in [-0.05, 0) is 77.8 Å². The third-order valence-electron chi connectivity index (χ3n) is 8.13. The van der Waals surface area contributed by atoms with E-state index in [1.54, 1.807) is 33.8 Å². The number of nitrogens with one attached hydrogen (secondary N) is 1. The molecule has 0 spiro atoms. The maximum absolute atomic E-state index is 15.2. The molecule has 0 saturated carbocycles. The number of carboxylic acid groups (broad SMARTS) is 1. The first-order chi connectivity index (χ1) is 21.5. The van der Waals surface area contributed by atoms with Crippen molar-refractivity contribution in [2.75, 3.05) is 26.2 Å². The van der Waals surface area contributed by atoms with Crippen LogP contribution in [0.4, 0.5) is 4.39 Å². The lowest BCUT2D eigenvalue weighted by Crippen LogP contribution is -2.43. The second-order valence-corrected chi connectivity index (χ2v) is 13.5. The Hall–Kier alpha value is -4.06. The number of hydrogen-bond acceptors (Lipinski definition) is 7. The Labute approximate surface area is 269 Å². The van der Waals surface area contributed by atoms with Gasteiger partial charge >= 0.3 is 5.97 Å². The van der Waals surface area contributed by atoms with E-state index in [0.717, 1.165) is 30.4 Å². The Balaban J connectivity index is 0.000000892. The summed E-state index contributed by atoms with van der Waals surface area (Å²) in [4.78, 5) is 43.7. The van der Waals surface area contributed by atoms with Gasteiger partial charge in [0.25, 0.3) is 5.91 Å². The average molecular weight is 640 g/mol. The molecule has 3 aromatic rings. The van der Waals surface area contributed by atoms with Crippen LogP contribution in [0.15, 0.2) is 12.1 Å². The summed E-state index contributed by atoms with van der Waals surface area (Å²) in [6.07, 6.45) is 2.67. The highest BCUT2D eigenvalue weighted by Gasteiger charge is 2.28. The lowest BCUT2D eigenvalue weighted by molar-refractivity contribution is -0.136. The van der Waals surface area contributed by atoms with E-state index in [1.807, 2.05) is 25.7 Å². The Morgan fingerprint density at radius 1 is 1.15 bits per heavy atom. The van der Waals surface area contributed by atoms with Gasteiger partial charge in [-0.2, -0.15) is 5.10 Å². The van der Waals surface area contributed by atoms with Gasteiger partial charge in [-0.15, -0.1) is 0 Å². The molecule has 2 aliphatic rings. The summed E-state index contributed by atoms with van der Waals surface area (Å²) in [5, 5.41) is 25.7. The highest BCUT2D eigenvalue weighted by molar-refractivity contribution is 5.93. The van der Waals surface area contributed by atoms with E-state index in [1.165, 1.54) is 10.6 Å². The van der Waals surface area contributed by atoms with Crippen LogP contribution in [0.2, 0.25) is 0 Å². The molecule has 0 radical (unpaired) electrons. The monoisotopic (exact) mass is 639 g/mol. The molecule has 250 valence electrons. The molecule has 0 aliphatic carbocycles. The molecule has 0 bridgehead atoms. The molecule has 4 heterocycles. The lowest BCUT2D eigenvalue weighted by atomic mass is 9.91. The molecule has 2 aliphatic heterocycles. The van der Waals surface area contributed by atoms with E-state index in [2.05, 4.69) is 15.4 Å². The van der Waals surface area contributed by atoms with Crippen molar-refractivity contribution >= 4 is 23.4 Å². The Morgan fingerprint density at radius 2 is 1.80 bits per heavy atom. The number of hydrogen-bond donors (Lipinski definition) is 3. The van der Waals surface area contributed by atoms with Crippen molar-refractivity contribution in [1.82, 2.24) is 24.8 Å². The standard InChI is InChI=1S/C30H36FN5O5.C4H10O/c1-16(2)30(40)35-9-7-19(8-10-35)15-32-29(39)24-14-25-33-18(4)22(13-26(37)38)27(36(25)34-24)21-12-23(31)28-20(17(21)3)6-5-11-41-28;1-4(2,3)5/h12,14,16,19H,5-11,13,15H2,1-4H3,(H,32,39)(H,37,38);5H,1-3H3. The van der Waals surface area contributed by atoms with Gasteiger partial charge in [-0.1, -0.05) is 13.8 Å². The highest BCUT2D eigenvalue weighted by atomic mass is 19.1. The van der Waals surface area contributed by atoms with E-state index < -0.39 is 17.4 Å². The number of aliphatic carboxylic acids is 1. The first-order valence-corrected chi connectivity index (χ1v) is 15.9. The molecular formula is C34H46FN5O6. The van der Waals surface area contributed by atoms with Crippen LogP contribution in [0.1, 0.15) is 86.8 Å². The lowest BCUT2D eigenvalue weighted by Gasteiger charge is -2.33. The summed E-state index contributed by atoms with van der Waals surface area (Å²) in [6, 6.07) is 2.92. The van der Waals surface area contributed by atoms with Gasteiger partial charge in [-0.25, -0.2) is 13.9 Å². The largest absolute Gasteiger partial charge is 0.490 e. The van der Waals surface area contributed by atoms with Crippen molar-refractivity contribution in [2.24, 2.45) is 11.8 Å². The van der Waals surface area contributed by atoms with E-state index in [9.17, 15) is 19.5 Å². The molecule has 2 amide bonds. The van der Waals surface area contributed by atoms with Crippen LogP contribution >= 0.6 is 0 Å². The summed E-state index contributed by atoms with van der Waals surface area (Å²) in [6.45, 7) is 14.8. The average Bonchev–Trinajstić information content (AvgIpc) is 3.41. The first kappa shape index (κ1) is 34.8. The Morgan fingerprint density at radius 3 is 2.41 bits per heavy atom. The van der Waals surface area contributed by atoms with Crippen LogP contribution in [-0.2, 0) is 22.4 Å². The minimum absolute atomic E-state index is 0.0330. The number of amides is 2. The predicted molar refractivity (Wildman–Crippen MR) is 171 cm³/mol. The van der Waals surface area contributed by atoms with E-state index >= 15 is 4.39 Å². The number of ether oxygens (including phenoxy) is 1. The van der Waals surface area contributed by atoms with Crippen LogP contribution in [0.3, 0.4) is 0 Å². The number of carboxylic acids is 1. The number of aliphatic hydroxyl groups is 1. The molecule has 46 heavy (non-hydrogen) atoms. The summed E-state index contributed by atoms with van der Waals surface area (Å²) < 4.78 is 22.3. The van der Waals surface area contributed by atoms with Crippen molar-refractivity contribution in [3.63, 3.8) is 0 Å². The molecule has 12 heteroatoms. The number of carbonyl (C=O) groups is 3. The van der Waals surface area contributed by atoms with Gasteiger partial charge in [0.05, 0.1) is 24.3 Å². The van der Waals surface area contributed by atoms with Gasteiger partial charge in [0.2, 0.25) is 5.91 Å². The smallest absolute Gasteiger partial charge is 0.307 e. The zero-order chi connectivity index (χ0) is 33.9. The Bertz CT molecular complexity index is 1610. The zero-order valence-electron chi connectivity index (χ0n) is 27.9. The van der Waals surface area contributed by atoms with Crippen molar-refractivity contribution in [3.05, 3.63) is 46.0 Å². The molecule has 11 nitrogen and oxygen atoms in total. The second kappa shape index (κ2) is 14.1. The number of halogens is 1. The van der Waals surface area contributed by atoms with Crippen molar-refractivity contribution in [1.29, 1.82) is 0 Å². The number of piperidine rings is 1. The van der Waals surface area contributed by atoms with Crippen molar-refractivity contribution in [2.45, 2.75) is 86.2 Å². The highest BCUT2D eigenvalue weighted by Crippen LogP contribution is 2.39. The van der Waals surface area contributed by atoms with Gasteiger partial charge in [0.1, 0.15) is 0 Å². The molecule has 5 rings (SSSR count). The normalized spacial score (nSPS) is 15.2. The van der Waals surface area contributed by atoms with Gasteiger partial charge in [0, 0.05) is 54.0 Å². The van der Waals surface area contributed by atoms with E-state index in [4.69, 9.17) is 9.84 Å². The van der Waals surface area contributed by atoms with Crippen molar-refractivity contribution < 1.29 is 33.7 Å². The number of carbonyl (C=O) groups excluding carboxylic acids is 2. The van der Waals surface area contributed by atoms with Gasteiger partial charge < -0.3 is 25.2 Å². The summed E-state index contributed by atoms with van der Waals surface area (Å²) >= 11 is 0. The number of benzene rings is 1. The molecule has 1 saturated heterocycles. The quantitative estimate of drug-likeness (QED) is 0.343. The summed E-state index contributed by atoms with van der Waals surface area (Å²) in [7, 11) is 0. The second-order valence-electron chi connectivity index (χ2n) is 13.5. The van der Waals surface area contributed by atoms with Crippen LogP contribution in [0.25, 0.3) is 16.9 Å². The first-order valence-electron chi connectivity index (χ1n) is 15.9. The SMILES string of the molecule is CC(C)(C)O.Cc1nc2cc(C(=O)NCC3CCN(C(=O)C(C)C)CC3)nn2c(-c2cc(F)c3c(c2C)CCCO3)c1CC(=O)O.